The smallest absolute Gasteiger partial charge is 0.194 e. The molecule has 0 atom stereocenters. The number of piperazine rings is 2. The number of anilines is 2. The summed E-state index contributed by atoms with van der Waals surface area (Å²) in [6, 6.07) is 8.53. The predicted octanol–water partition coefficient (Wildman–Crippen LogP) is 1.79. The maximum Gasteiger partial charge on any atom is 0.194 e. The SMILES string of the molecule is CN=C(NCc1cccnc1N1CCN(C)CC1)N1CCN(c2cccs2)CC1. The summed E-state index contributed by atoms with van der Waals surface area (Å²) >= 11 is 1.81. The molecule has 2 saturated heterocycles. The lowest BCUT2D eigenvalue weighted by atomic mass is 10.2. The molecule has 2 aromatic heterocycles. The Labute approximate surface area is 177 Å². The summed E-state index contributed by atoms with van der Waals surface area (Å²) in [7, 11) is 4.05. The molecule has 7 nitrogen and oxygen atoms in total. The lowest BCUT2D eigenvalue weighted by Gasteiger charge is -2.37. The molecule has 0 amide bonds. The highest BCUT2D eigenvalue weighted by Gasteiger charge is 2.21. The van der Waals surface area contributed by atoms with Crippen molar-refractivity contribution in [3.63, 3.8) is 0 Å². The number of thiophene rings is 1. The normalized spacial score (nSPS) is 19.0. The van der Waals surface area contributed by atoms with Crippen LogP contribution in [0.4, 0.5) is 10.8 Å². The van der Waals surface area contributed by atoms with E-state index in [0.29, 0.717) is 0 Å². The Morgan fingerprint density at radius 3 is 2.48 bits per heavy atom. The maximum atomic E-state index is 4.69. The van der Waals surface area contributed by atoms with Gasteiger partial charge in [-0.2, -0.15) is 0 Å². The number of aliphatic imine (C=N–C) groups is 1. The molecule has 2 fully saturated rings. The monoisotopic (exact) mass is 413 g/mol. The summed E-state index contributed by atoms with van der Waals surface area (Å²) in [6.07, 6.45) is 1.90. The van der Waals surface area contributed by atoms with Gasteiger partial charge in [0.15, 0.2) is 5.96 Å². The number of nitrogens with zero attached hydrogens (tertiary/aromatic N) is 6. The highest BCUT2D eigenvalue weighted by molar-refractivity contribution is 7.14. The van der Waals surface area contributed by atoms with Crippen LogP contribution in [-0.4, -0.2) is 87.2 Å². The van der Waals surface area contributed by atoms with E-state index in [0.717, 1.165) is 70.7 Å². The molecule has 0 spiro atoms. The van der Waals surface area contributed by atoms with E-state index >= 15 is 0 Å². The molecule has 4 rings (SSSR count). The quantitative estimate of drug-likeness (QED) is 0.609. The molecule has 0 aliphatic carbocycles. The van der Waals surface area contributed by atoms with Gasteiger partial charge in [-0.15, -0.1) is 11.3 Å². The minimum atomic E-state index is 0.743. The molecule has 2 aliphatic heterocycles. The number of guanidine groups is 1. The molecular formula is C21H31N7S. The van der Waals surface area contributed by atoms with Crippen molar-refractivity contribution in [3.05, 3.63) is 41.4 Å². The molecule has 29 heavy (non-hydrogen) atoms. The second-order valence-corrected chi connectivity index (χ2v) is 8.53. The zero-order valence-electron chi connectivity index (χ0n) is 17.4. The van der Waals surface area contributed by atoms with Gasteiger partial charge < -0.3 is 24.9 Å². The Balaban J connectivity index is 1.35. The van der Waals surface area contributed by atoms with E-state index in [1.54, 1.807) is 0 Å². The van der Waals surface area contributed by atoms with Gasteiger partial charge in [0.25, 0.3) is 0 Å². The van der Waals surface area contributed by atoms with Crippen molar-refractivity contribution in [2.75, 3.05) is 76.3 Å². The van der Waals surface area contributed by atoms with Gasteiger partial charge in [-0.05, 0) is 30.6 Å². The fourth-order valence-corrected chi connectivity index (χ4v) is 4.75. The predicted molar refractivity (Wildman–Crippen MR) is 122 cm³/mol. The zero-order chi connectivity index (χ0) is 20.1. The van der Waals surface area contributed by atoms with Crippen molar-refractivity contribution in [2.24, 2.45) is 4.99 Å². The standard InChI is InChI=1S/C21H31N7S/c1-22-21(28-14-12-26(13-15-28)19-6-4-16-29-19)24-17-18-5-3-7-23-20(18)27-10-8-25(2)9-11-27/h3-7,16H,8-15,17H2,1-2H3,(H,22,24). The highest BCUT2D eigenvalue weighted by Crippen LogP contribution is 2.22. The number of aromatic nitrogens is 1. The Morgan fingerprint density at radius 2 is 1.79 bits per heavy atom. The third-order valence-electron chi connectivity index (χ3n) is 5.72. The van der Waals surface area contributed by atoms with Gasteiger partial charge in [0, 0.05) is 77.7 Å². The molecule has 2 aliphatic rings. The Kier molecular flexibility index (Phi) is 6.51. The molecule has 0 unspecified atom stereocenters. The lowest BCUT2D eigenvalue weighted by molar-refractivity contribution is 0.311. The van der Waals surface area contributed by atoms with Gasteiger partial charge in [0.1, 0.15) is 5.82 Å². The Morgan fingerprint density at radius 1 is 1.03 bits per heavy atom. The van der Waals surface area contributed by atoms with Gasteiger partial charge in [0.2, 0.25) is 0 Å². The van der Waals surface area contributed by atoms with Crippen LogP contribution in [0.15, 0.2) is 40.8 Å². The molecule has 0 saturated carbocycles. The van der Waals surface area contributed by atoms with E-state index in [9.17, 15) is 0 Å². The van der Waals surface area contributed by atoms with Gasteiger partial charge in [-0.1, -0.05) is 6.07 Å². The number of nitrogens with one attached hydrogen (secondary N) is 1. The van der Waals surface area contributed by atoms with Crippen LogP contribution >= 0.6 is 11.3 Å². The number of hydrogen-bond donors (Lipinski definition) is 1. The summed E-state index contributed by atoms with van der Waals surface area (Å²) in [6.45, 7) is 8.99. The Hall–Kier alpha value is -2.32. The summed E-state index contributed by atoms with van der Waals surface area (Å²) in [5.74, 6) is 2.08. The van der Waals surface area contributed by atoms with Crippen LogP contribution in [0.3, 0.4) is 0 Å². The molecule has 1 N–H and O–H groups in total. The first-order chi connectivity index (χ1) is 14.2. The topological polar surface area (TPSA) is 50.2 Å². The molecule has 8 heteroatoms. The van der Waals surface area contributed by atoms with E-state index < -0.39 is 0 Å². The molecule has 0 bridgehead atoms. The highest BCUT2D eigenvalue weighted by atomic mass is 32.1. The number of hydrogen-bond acceptors (Lipinski definition) is 6. The van der Waals surface area contributed by atoms with E-state index in [-0.39, 0.29) is 0 Å². The first kappa shape index (κ1) is 20.0. The van der Waals surface area contributed by atoms with Crippen molar-refractivity contribution >= 4 is 28.1 Å². The molecule has 0 radical (unpaired) electrons. The Bertz CT molecular complexity index is 791. The van der Waals surface area contributed by atoms with Crippen LogP contribution in [0, 0.1) is 0 Å². The van der Waals surface area contributed by atoms with Crippen molar-refractivity contribution < 1.29 is 0 Å². The summed E-state index contributed by atoms with van der Waals surface area (Å²) in [5.41, 5.74) is 1.23. The average molecular weight is 414 g/mol. The third kappa shape index (κ3) is 4.82. The van der Waals surface area contributed by atoms with Crippen LogP contribution in [0.5, 0.6) is 0 Å². The van der Waals surface area contributed by atoms with Gasteiger partial charge >= 0.3 is 0 Å². The molecular weight excluding hydrogens is 382 g/mol. The average Bonchev–Trinajstić information content (AvgIpc) is 3.31. The first-order valence-corrected chi connectivity index (χ1v) is 11.2. The van der Waals surface area contributed by atoms with Crippen LogP contribution < -0.4 is 15.1 Å². The fourth-order valence-electron chi connectivity index (χ4n) is 3.97. The second kappa shape index (κ2) is 9.45. The number of likely N-dealkylation sites (N-methyl/N-ethyl adjacent to an activating group) is 1. The molecule has 0 aromatic carbocycles. The first-order valence-electron chi connectivity index (χ1n) is 10.4. The lowest BCUT2D eigenvalue weighted by Crippen LogP contribution is -2.52. The van der Waals surface area contributed by atoms with Crippen molar-refractivity contribution in [1.29, 1.82) is 0 Å². The second-order valence-electron chi connectivity index (χ2n) is 7.60. The molecule has 4 heterocycles. The van der Waals surface area contributed by atoms with Crippen molar-refractivity contribution in [2.45, 2.75) is 6.54 Å². The van der Waals surface area contributed by atoms with Gasteiger partial charge in [-0.25, -0.2) is 4.98 Å². The van der Waals surface area contributed by atoms with E-state index in [1.807, 2.05) is 30.6 Å². The van der Waals surface area contributed by atoms with Crippen molar-refractivity contribution in [3.8, 4) is 0 Å². The minimum Gasteiger partial charge on any atom is -0.360 e. The van der Waals surface area contributed by atoms with Crippen LogP contribution in [0.25, 0.3) is 0 Å². The molecule has 2 aromatic rings. The number of pyridine rings is 1. The van der Waals surface area contributed by atoms with Gasteiger partial charge in [0.05, 0.1) is 5.00 Å². The summed E-state index contributed by atoms with van der Waals surface area (Å²) in [5, 5.41) is 7.08. The number of rotatable bonds is 4. The van der Waals surface area contributed by atoms with E-state index in [2.05, 4.69) is 60.5 Å². The van der Waals surface area contributed by atoms with E-state index in [4.69, 9.17) is 4.98 Å². The van der Waals surface area contributed by atoms with Gasteiger partial charge in [-0.3, -0.25) is 4.99 Å². The minimum absolute atomic E-state index is 0.743. The third-order valence-corrected chi connectivity index (χ3v) is 6.65. The summed E-state index contributed by atoms with van der Waals surface area (Å²) < 4.78 is 0. The fraction of sp³-hybridized carbons (Fsp3) is 0.524. The summed E-state index contributed by atoms with van der Waals surface area (Å²) in [4.78, 5) is 18.8. The van der Waals surface area contributed by atoms with Crippen LogP contribution in [-0.2, 0) is 6.54 Å². The largest absolute Gasteiger partial charge is 0.360 e. The zero-order valence-corrected chi connectivity index (χ0v) is 18.2. The molecule has 156 valence electrons. The van der Waals surface area contributed by atoms with E-state index in [1.165, 1.54) is 10.6 Å². The van der Waals surface area contributed by atoms with Crippen molar-refractivity contribution in [1.82, 2.24) is 20.1 Å². The van der Waals surface area contributed by atoms with Crippen LogP contribution in [0.2, 0.25) is 0 Å². The van der Waals surface area contributed by atoms with Crippen LogP contribution in [0.1, 0.15) is 5.56 Å². The maximum absolute atomic E-state index is 4.69.